The first-order chi connectivity index (χ1) is 32.8. The lowest BCUT2D eigenvalue weighted by molar-refractivity contribution is 0.670. The third kappa shape index (κ3) is 6.06. The van der Waals surface area contributed by atoms with Crippen molar-refractivity contribution in [1.82, 2.24) is 15.0 Å². The molecule has 9 aromatic carbocycles. The molecular weight excluding hydrogens is 759 g/mol. The molecular formula is C57H35N3O2. The molecule has 5 nitrogen and oxygen atoms in total. The Bertz CT molecular complexity index is 3900. The molecule has 0 amide bonds. The Morgan fingerprint density at radius 2 is 0.645 bits per heavy atom. The Balaban J connectivity index is 0.945. The van der Waals surface area contributed by atoms with Crippen LogP contribution in [0.15, 0.2) is 221 Å². The van der Waals surface area contributed by atoms with E-state index in [4.69, 9.17) is 30.6 Å². The lowest BCUT2D eigenvalue weighted by atomic mass is 9.99. The van der Waals surface area contributed by atoms with Crippen molar-refractivity contribution in [2.45, 2.75) is 0 Å². The number of fused-ring (bicyclic) bond motifs is 6. The predicted molar refractivity (Wildman–Crippen MR) is 252 cm³/mol. The second-order valence-corrected chi connectivity index (χ2v) is 15.1. The molecule has 0 saturated heterocycles. The summed E-state index contributed by atoms with van der Waals surface area (Å²) in [6.07, 6.45) is 0. The van der Waals surface area contributed by atoms with Gasteiger partial charge in [0.2, 0.25) is 0 Å². The average molecular weight is 799 g/mol. The fraction of sp³-hybridized carbons (Fsp3) is 0. The van der Waals surface area contributed by atoms with E-state index in [2.05, 4.69) is 60.7 Å². The summed E-state index contributed by atoms with van der Waals surface area (Å²) in [4.78, 5) is 15.1. The Labute approximate surface area is 364 Å². The smallest absolute Gasteiger partial charge is 0.164 e. The van der Waals surface area contributed by atoms with Crippen LogP contribution in [0.3, 0.4) is 0 Å². The van der Waals surface area contributed by atoms with Gasteiger partial charge in [0, 0.05) is 60.5 Å². The van der Waals surface area contributed by atoms with Crippen LogP contribution < -0.4 is 0 Å². The fourth-order valence-corrected chi connectivity index (χ4v) is 8.50. The fourth-order valence-electron chi connectivity index (χ4n) is 8.50. The standard InChI is InChI=1S/C57H35N3O2/c1-4-15-36(16-5-1)43-23-11-27-47-48-29-13-25-45(53(48)61-51(43)47)38-31-33-40(34-32-38)56-58-55(39-19-8-3-9-20-39)59-57(60-56)42-22-10-21-41(35-42)46-26-14-30-50-49-28-12-24-44(52(49)62-54(46)50)37-17-6-2-7-18-37/h1-35H/i2D,6D,7D,17D,18D. The van der Waals surface area contributed by atoms with Crippen LogP contribution in [0.4, 0.5) is 0 Å². The molecule has 0 aliphatic carbocycles. The third-order valence-electron chi connectivity index (χ3n) is 11.5. The highest BCUT2D eigenvalue weighted by Crippen LogP contribution is 2.42. The lowest BCUT2D eigenvalue weighted by Gasteiger charge is -2.10. The zero-order valence-electron chi connectivity index (χ0n) is 38.0. The number of benzene rings is 9. The van der Waals surface area contributed by atoms with E-state index in [0.717, 1.165) is 82.8 Å². The van der Waals surface area contributed by atoms with Gasteiger partial charge >= 0.3 is 0 Å². The molecule has 0 spiro atoms. The summed E-state index contributed by atoms with van der Waals surface area (Å²) >= 11 is 0. The Kier molecular flexibility index (Phi) is 7.25. The van der Waals surface area contributed by atoms with E-state index < -0.39 is 18.1 Å². The molecule has 0 saturated carbocycles. The summed E-state index contributed by atoms with van der Waals surface area (Å²) in [6, 6.07) is 58.6. The van der Waals surface area contributed by atoms with E-state index in [-0.39, 0.29) is 17.6 Å². The highest BCUT2D eigenvalue weighted by atomic mass is 16.3. The summed E-state index contributed by atoms with van der Waals surface area (Å²) < 4.78 is 55.5. The number of nitrogens with zero attached hydrogens (tertiary/aromatic N) is 3. The molecule has 5 heteroatoms. The van der Waals surface area contributed by atoms with Gasteiger partial charge in [0.25, 0.3) is 0 Å². The van der Waals surface area contributed by atoms with Crippen LogP contribution in [0.1, 0.15) is 6.85 Å². The maximum atomic E-state index is 8.69. The zero-order valence-corrected chi connectivity index (χ0v) is 33.0. The SMILES string of the molecule is [2H]c1c([2H])c([2H])c(-c2cccc3c2oc2c(-c4cccc(-c5nc(-c6ccccc6)nc(-c6ccc(-c7cccc8c7oc7c(-c9ccccc9)cccc78)cc6)n5)c4)cccc23)c([2H])c1[2H]. The molecule has 0 radical (unpaired) electrons. The highest BCUT2D eigenvalue weighted by Gasteiger charge is 2.19. The topological polar surface area (TPSA) is 65.0 Å². The maximum absolute atomic E-state index is 8.69. The van der Waals surface area contributed by atoms with Crippen molar-refractivity contribution in [1.29, 1.82) is 0 Å². The Morgan fingerprint density at radius 1 is 0.290 bits per heavy atom. The maximum Gasteiger partial charge on any atom is 0.164 e. The predicted octanol–water partition coefficient (Wildman–Crippen LogP) is 15.3. The number of aromatic nitrogens is 3. The van der Waals surface area contributed by atoms with Crippen molar-refractivity contribution in [3.63, 3.8) is 0 Å². The lowest BCUT2D eigenvalue weighted by Crippen LogP contribution is -2.00. The van der Waals surface area contributed by atoms with Crippen LogP contribution in [0.2, 0.25) is 0 Å². The van der Waals surface area contributed by atoms with Crippen molar-refractivity contribution in [2.24, 2.45) is 0 Å². The Hall–Kier alpha value is -8.41. The summed E-state index contributed by atoms with van der Waals surface area (Å²) in [7, 11) is 0. The van der Waals surface area contributed by atoms with Gasteiger partial charge in [0.15, 0.2) is 17.5 Å². The van der Waals surface area contributed by atoms with Gasteiger partial charge in [-0.05, 0) is 28.3 Å². The number of rotatable bonds is 7. The molecule has 0 bridgehead atoms. The molecule has 0 N–H and O–H groups in total. The van der Waals surface area contributed by atoms with Crippen molar-refractivity contribution in [3.05, 3.63) is 212 Å². The number of furan rings is 2. The average Bonchev–Trinajstić information content (AvgIpc) is 3.98. The quantitative estimate of drug-likeness (QED) is 0.161. The highest BCUT2D eigenvalue weighted by molar-refractivity contribution is 6.14. The summed E-state index contributed by atoms with van der Waals surface area (Å²) in [5.74, 6) is 1.56. The van der Waals surface area contributed by atoms with E-state index in [9.17, 15) is 0 Å². The van der Waals surface area contributed by atoms with Crippen molar-refractivity contribution in [3.8, 4) is 78.7 Å². The second kappa shape index (κ2) is 14.7. The summed E-state index contributed by atoms with van der Waals surface area (Å²) in [5, 5.41) is 3.73. The van der Waals surface area contributed by atoms with Crippen LogP contribution in [0, 0.1) is 0 Å². The van der Waals surface area contributed by atoms with Gasteiger partial charge in [-0.3, -0.25) is 0 Å². The van der Waals surface area contributed by atoms with Crippen molar-refractivity contribution in [2.75, 3.05) is 0 Å². The number of hydrogen-bond acceptors (Lipinski definition) is 5. The normalized spacial score (nSPS) is 12.7. The Morgan fingerprint density at radius 3 is 1.16 bits per heavy atom. The molecule has 0 atom stereocenters. The summed E-state index contributed by atoms with van der Waals surface area (Å²) in [6.45, 7) is 0. The minimum atomic E-state index is -0.442. The molecule has 0 fully saturated rings. The van der Waals surface area contributed by atoms with Crippen LogP contribution in [0.25, 0.3) is 123 Å². The van der Waals surface area contributed by atoms with Gasteiger partial charge in [-0.25, -0.2) is 15.0 Å². The largest absolute Gasteiger partial charge is 0.455 e. The second-order valence-electron chi connectivity index (χ2n) is 15.1. The van der Waals surface area contributed by atoms with Gasteiger partial charge < -0.3 is 8.83 Å². The van der Waals surface area contributed by atoms with Gasteiger partial charge in [-0.1, -0.05) is 206 Å². The molecule has 12 aromatic rings. The molecule has 0 aliphatic rings. The third-order valence-corrected chi connectivity index (χ3v) is 11.5. The van der Waals surface area contributed by atoms with Gasteiger partial charge in [0.05, 0.1) is 6.85 Å². The summed E-state index contributed by atoms with van der Waals surface area (Å²) in [5.41, 5.74) is 11.5. The van der Waals surface area contributed by atoms with E-state index in [0.29, 0.717) is 34.2 Å². The molecule has 0 aliphatic heterocycles. The molecule has 0 unspecified atom stereocenters. The minimum Gasteiger partial charge on any atom is -0.455 e. The van der Waals surface area contributed by atoms with Gasteiger partial charge in [-0.15, -0.1) is 0 Å². The monoisotopic (exact) mass is 798 g/mol. The molecule has 12 rings (SSSR count). The van der Waals surface area contributed by atoms with E-state index in [1.54, 1.807) is 6.07 Å². The molecule has 3 aromatic heterocycles. The number of para-hydroxylation sites is 4. The first-order valence-corrected chi connectivity index (χ1v) is 20.3. The van der Waals surface area contributed by atoms with Gasteiger partial charge in [-0.2, -0.15) is 0 Å². The first kappa shape index (κ1) is 30.6. The van der Waals surface area contributed by atoms with Gasteiger partial charge in [0.1, 0.15) is 22.3 Å². The van der Waals surface area contributed by atoms with Crippen LogP contribution in [-0.4, -0.2) is 15.0 Å². The van der Waals surface area contributed by atoms with Crippen LogP contribution in [0.5, 0.6) is 0 Å². The van der Waals surface area contributed by atoms with Crippen molar-refractivity contribution < 1.29 is 15.7 Å². The molecule has 62 heavy (non-hydrogen) atoms. The zero-order chi connectivity index (χ0) is 45.3. The van der Waals surface area contributed by atoms with E-state index in [1.807, 2.05) is 115 Å². The first-order valence-electron chi connectivity index (χ1n) is 22.8. The van der Waals surface area contributed by atoms with E-state index >= 15 is 0 Å². The van der Waals surface area contributed by atoms with E-state index in [1.165, 1.54) is 0 Å². The molecule has 290 valence electrons. The van der Waals surface area contributed by atoms with Crippen molar-refractivity contribution >= 4 is 43.9 Å². The molecule has 3 heterocycles. The number of hydrogen-bond donors (Lipinski definition) is 0. The van der Waals surface area contributed by atoms with Crippen LogP contribution >= 0.6 is 0 Å². The minimum absolute atomic E-state index is 0.0925. The van der Waals surface area contributed by atoms with Crippen LogP contribution in [-0.2, 0) is 0 Å².